The average molecular weight is 302 g/mol. The molecule has 0 saturated heterocycles. The Morgan fingerprint density at radius 1 is 1.30 bits per heavy atom. The second-order valence-corrected chi connectivity index (χ2v) is 6.07. The van der Waals surface area contributed by atoms with Crippen LogP contribution in [0.25, 0.3) is 0 Å². The van der Waals surface area contributed by atoms with Crippen molar-refractivity contribution < 1.29 is 0 Å². The van der Waals surface area contributed by atoms with Gasteiger partial charge in [-0.05, 0) is 40.9 Å². The number of thioether (sulfide) groups is 1. The van der Waals surface area contributed by atoms with Gasteiger partial charge in [0.05, 0.1) is 0 Å². The van der Waals surface area contributed by atoms with Gasteiger partial charge >= 0.3 is 0 Å². The lowest BCUT2D eigenvalue weighted by molar-refractivity contribution is 0.973. The molecule has 0 unspecified atom stereocenters. The van der Waals surface area contributed by atoms with Crippen molar-refractivity contribution in [2.45, 2.75) is 17.8 Å². The number of aromatic amines is 1. The molecular formula is C14H14N4S2. The summed E-state index contributed by atoms with van der Waals surface area (Å²) in [5, 5.41) is 15.4. The van der Waals surface area contributed by atoms with Crippen LogP contribution in [-0.2, 0) is 5.75 Å². The molecule has 1 aromatic carbocycles. The molecular weight excluding hydrogens is 288 g/mol. The quantitative estimate of drug-likeness (QED) is 0.693. The molecule has 0 amide bonds. The van der Waals surface area contributed by atoms with E-state index in [1.54, 1.807) is 23.1 Å². The van der Waals surface area contributed by atoms with Gasteiger partial charge in [0, 0.05) is 11.4 Å². The first-order chi connectivity index (χ1) is 9.81. The first-order valence-electron chi connectivity index (χ1n) is 6.20. The number of para-hydroxylation sites is 1. The van der Waals surface area contributed by atoms with E-state index in [1.807, 2.05) is 18.2 Å². The molecule has 0 fully saturated rings. The van der Waals surface area contributed by atoms with Crippen molar-refractivity contribution in [1.29, 1.82) is 0 Å². The van der Waals surface area contributed by atoms with E-state index < -0.39 is 0 Å². The number of H-pyrrole nitrogens is 1. The Balaban J connectivity index is 1.63. The summed E-state index contributed by atoms with van der Waals surface area (Å²) in [5.74, 6) is 1.51. The van der Waals surface area contributed by atoms with Crippen LogP contribution in [0.3, 0.4) is 0 Å². The maximum absolute atomic E-state index is 4.43. The van der Waals surface area contributed by atoms with Gasteiger partial charge in [-0.15, -0.1) is 5.10 Å². The fourth-order valence-corrected chi connectivity index (χ4v) is 3.25. The van der Waals surface area contributed by atoms with Crippen LogP contribution in [0, 0.1) is 6.92 Å². The molecule has 0 aliphatic rings. The molecule has 4 nitrogen and oxygen atoms in total. The summed E-state index contributed by atoms with van der Waals surface area (Å²) in [6, 6.07) is 10.2. The third-order valence-electron chi connectivity index (χ3n) is 2.81. The van der Waals surface area contributed by atoms with Crippen LogP contribution in [0.15, 0.2) is 46.2 Å². The molecule has 20 heavy (non-hydrogen) atoms. The zero-order chi connectivity index (χ0) is 13.8. The summed E-state index contributed by atoms with van der Waals surface area (Å²) >= 11 is 3.36. The number of nitrogens with one attached hydrogen (secondary N) is 2. The third kappa shape index (κ3) is 3.20. The highest BCUT2D eigenvalue weighted by atomic mass is 32.2. The number of benzene rings is 1. The monoisotopic (exact) mass is 302 g/mol. The minimum absolute atomic E-state index is 0.604. The SMILES string of the molecule is Cc1ccccc1Nc1n[nH]c(SCc2ccsc2)n1. The molecule has 0 atom stereocenters. The number of nitrogens with zero attached hydrogens (tertiary/aromatic N) is 2. The van der Waals surface area contributed by atoms with E-state index in [9.17, 15) is 0 Å². The van der Waals surface area contributed by atoms with Gasteiger partial charge < -0.3 is 5.32 Å². The number of aromatic nitrogens is 3. The van der Waals surface area contributed by atoms with Gasteiger partial charge in [0.2, 0.25) is 5.95 Å². The van der Waals surface area contributed by atoms with Crippen LogP contribution in [0.4, 0.5) is 11.6 Å². The van der Waals surface area contributed by atoms with Gasteiger partial charge in [-0.3, -0.25) is 5.10 Å². The fraction of sp³-hybridized carbons (Fsp3) is 0.143. The van der Waals surface area contributed by atoms with Crippen molar-refractivity contribution in [1.82, 2.24) is 15.2 Å². The summed E-state index contributed by atoms with van der Waals surface area (Å²) in [7, 11) is 0. The zero-order valence-electron chi connectivity index (χ0n) is 11.0. The molecule has 2 N–H and O–H groups in total. The van der Waals surface area contributed by atoms with E-state index in [0.29, 0.717) is 5.95 Å². The highest BCUT2D eigenvalue weighted by Gasteiger charge is 2.05. The predicted molar refractivity (Wildman–Crippen MR) is 84.7 cm³/mol. The second kappa shape index (κ2) is 6.11. The van der Waals surface area contributed by atoms with Crippen LogP contribution in [0.5, 0.6) is 0 Å². The van der Waals surface area contributed by atoms with Gasteiger partial charge in [-0.25, -0.2) is 0 Å². The van der Waals surface area contributed by atoms with Crippen LogP contribution >= 0.6 is 23.1 Å². The number of aryl methyl sites for hydroxylation is 1. The molecule has 3 rings (SSSR count). The van der Waals surface area contributed by atoms with Gasteiger partial charge in [0.1, 0.15) is 0 Å². The van der Waals surface area contributed by atoms with E-state index in [-0.39, 0.29) is 0 Å². The van der Waals surface area contributed by atoms with E-state index in [2.05, 4.69) is 50.3 Å². The number of anilines is 2. The first kappa shape index (κ1) is 13.2. The van der Waals surface area contributed by atoms with Crippen molar-refractivity contribution in [3.8, 4) is 0 Å². The molecule has 0 spiro atoms. The summed E-state index contributed by atoms with van der Waals surface area (Å²) in [4.78, 5) is 4.43. The average Bonchev–Trinajstić information content (AvgIpc) is 3.10. The number of thiophene rings is 1. The Hall–Kier alpha value is -1.79. The van der Waals surface area contributed by atoms with E-state index in [4.69, 9.17) is 0 Å². The summed E-state index contributed by atoms with van der Waals surface area (Å²) in [6.45, 7) is 2.06. The number of hydrogen-bond donors (Lipinski definition) is 2. The molecule has 0 aliphatic carbocycles. The number of rotatable bonds is 5. The molecule has 2 heterocycles. The summed E-state index contributed by atoms with van der Waals surface area (Å²) in [5.41, 5.74) is 3.51. The largest absolute Gasteiger partial charge is 0.323 e. The smallest absolute Gasteiger partial charge is 0.247 e. The normalized spacial score (nSPS) is 10.7. The van der Waals surface area contributed by atoms with Crippen molar-refractivity contribution >= 4 is 34.7 Å². The highest BCUT2D eigenvalue weighted by molar-refractivity contribution is 7.98. The zero-order valence-corrected chi connectivity index (χ0v) is 12.6. The van der Waals surface area contributed by atoms with E-state index in [1.165, 1.54) is 11.1 Å². The van der Waals surface area contributed by atoms with Gasteiger partial charge in [0.25, 0.3) is 0 Å². The standard InChI is InChI=1S/C14H14N4S2/c1-10-4-2-3-5-12(10)15-13-16-14(18-17-13)20-9-11-6-7-19-8-11/h2-8H,9H2,1H3,(H2,15,16,17,18). The van der Waals surface area contributed by atoms with Crippen molar-refractivity contribution in [2.24, 2.45) is 0 Å². The lowest BCUT2D eigenvalue weighted by atomic mass is 10.2. The summed E-state index contributed by atoms with van der Waals surface area (Å²) < 4.78 is 0. The number of hydrogen-bond acceptors (Lipinski definition) is 5. The summed E-state index contributed by atoms with van der Waals surface area (Å²) in [6.07, 6.45) is 0. The van der Waals surface area contributed by atoms with Crippen LogP contribution < -0.4 is 5.32 Å². The Morgan fingerprint density at radius 3 is 3.00 bits per heavy atom. The predicted octanol–water partition coefficient (Wildman–Crippen LogP) is 4.21. The van der Waals surface area contributed by atoms with Crippen molar-refractivity contribution in [2.75, 3.05) is 5.32 Å². The Bertz CT molecular complexity index is 676. The minimum Gasteiger partial charge on any atom is -0.323 e. The third-order valence-corrected chi connectivity index (χ3v) is 4.48. The van der Waals surface area contributed by atoms with Gasteiger partial charge in [0.15, 0.2) is 5.16 Å². The maximum atomic E-state index is 4.43. The Morgan fingerprint density at radius 2 is 2.20 bits per heavy atom. The molecule has 6 heteroatoms. The van der Waals surface area contributed by atoms with Gasteiger partial charge in [-0.1, -0.05) is 30.0 Å². The van der Waals surface area contributed by atoms with Crippen LogP contribution in [-0.4, -0.2) is 15.2 Å². The molecule has 0 radical (unpaired) electrons. The molecule has 102 valence electrons. The van der Waals surface area contributed by atoms with E-state index >= 15 is 0 Å². The lowest BCUT2D eigenvalue weighted by Gasteiger charge is -2.04. The van der Waals surface area contributed by atoms with Crippen LogP contribution in [0.2, 0.25) is 0 Å². The first-order valence-corrected chi connectivity index (χ1v) is 8.13. The van der Waals surface area contributed by atoms with Gasteiger partial charge in [-0.2, -0.15) is 16.3 Å². The van der Waals surface area contributed by atoms with Crippen molar-refractivity contribution in [3.05, 3.63) is 52.2 Å². The lowest BCUT2D eigenvalue weighted by Crippen LogP contribution is -1.94. The highest BCUT2D eigenvalue weighted by Crippen LogP contribution is 2.23. The van der Waals surface area contributed by atoms with Crippen LogP contribution in [0.1, 0.15) is 11.1 Å². The molecule has 2 aromatic heterocycles. The fourth-order valence-electron chi connectivity index (χ4n) is 1.73. The molecule has 3 aromatic rings. The maximum Gasteiger partial charge on any atom is 0.247 e. The Labute approximate surface area is 125 Å². The van der Waals surface area contributed by atoms with Crippen molar-refractivity contribution in [3.63, 3.8) is 0 Å². The Kier molecular flexibility index (Phi) is 4.03. The second-order valence-electron chi connectivity index (χ2n) is 4.32. The molecule has 0 bridgehead atoms. The topological polar surface area (TPSA) is 53.6 Å². The minimum atomic E-state index is 0.604. The molecule has 0 aliphatic heterocycles. The van der Waals surface area contributed by atoms with E-state index in [0.717, 1.165) is 16.6 Å². The molecule has 0 saturated carbocycles.